The summed E-state index contributed by atoms with van der Waals surface area (Å²) in [6.45, 7) is 3.50. The minimum Gasteiger partial charge on any atom is -0.342 e. The second-order valence-corrected chi connectivity index (χ2v) is 6.66. The first-order valence-electron chi connectivity index (χ1n) is 8.71. The molecule has 0 saturated heterocycles. The van der Waals surface area contributed by atoms with Crippen molar-refractivity contribution in [2.45, 2.75) is 19.9 Å². The van der Waals surface area contributed by atoms with E-state index in [0.717, 1.165) is 11.0 Å². The highest BCUT2D eigenvalue weighted by atomic mass is 16.2. The molecule has 1 atom stereocenters. The van der Waals surface area contributed by atoms with E-state index >= 15 is 0 Å². The van der Waals surface area contributed by atoms with Gasteiger partial charge in [-0.3, -0.25) is 19.1 Å². The highest BCUT2D eigenvalue weighted by Gasteiger charge is 2.20. The third kappa shape index (κ3) is 2.86. The molecule has 0 unspecified atom stereocenters. The van der Waals surface area contributed by atoms with E-state index in [2.05, 4.69) is 25.3 Å². The SMILES string of the molecule is Cc1cc(C(=O)N[C@H](C)c2nc3ccccc3[nH]2)c2c(=O)[nH]c(=O)n(C)c2n1. The molecule has 3 aromatic heterocycles. The van der Waals surface area contributed by atoms with E-state index in [1.165, 1.54) is 17.7 Å². The van der Waals surface area contributed by atoms with E-state index in [1.807, 2.05) is 24.3 Å². The molecule has 4 aromatic rings. The van der Waals surface area contributed by atoms with Crippen LogP contribution in [0.1, 0.15) is 34.8 Å². The number of fused-ring (bicyclic) bond motifs is 2. The number of nitrogens with zero attached hydrogens (tertiary/aromatic N) is 3. The van der Waals surface area contributed by atoms with Crippen LogP contribution in [-0.2, 0) is 7.05 Å². The van der Waals surface area contributed by atoms with E-state index in [4.69, 9.17) is 0 Å². The van der Waals surface area contributed by atoms with Crippen LogP contribution in [0.25, 0.3) is 22.1 Å². The van der Waals surface area contributed by atoms with Gasteiger partial charge in [0.05, 0.1) is 28.0 Å². The molecular weight excluding hydrogens is 360 g/mol. The van der Waals surface area contributed by atoms with Crippen molar-refractivity contribution in [3.63, 3.8) is 0 Å². The summed E-state index contributed by atoms with van der Waals surface area (Å²) in [6, 6.07) is 8.68. The Morgan fingerprint density at radius 2 is 1.93 bits per heavy atom. The molecule has 0 aliphatic carbocycles. The Labute approximate surface area is 158 Å². The third-order valence-electron chi connectivity index (χ3n) is 4.61. The van der Waals surface area contributed by atoms with Crippen molar-refractivity contribution < 1.29 is 4.79 Å². The quantitative estimate of drug-likeness (QED) is 0.495. The van der Waals surface area contributed by atoms with E-state index < -0.39 is 23.2 Å². The lowest BCUT2D eigenvalue weighted by Gasteiger charge is -2.13. The predicted molar refractivity (Wildman–Crippen MR) is 104 cm³/mol. The van der Waals surface area contributed by atoms with Crippen LogP contribution in [0.5, 0.6) is 0 Å². The number of nitrogens with one attached hydrogen (secondary N) is 3. The van der Waals surface area contributed by atoms with Gasteiger partial charge in [0.15, 0.2) is 0 Å². The van der Waals surface area contributed by atoms with Crippen molar-refractivity contribution in [2.24, 2.45) is 7.05 Å². The summed E-state index contributed by atoms with van der Waals surface area (Å²) in [4.78, 5) is 51.3. The molecule has 28 heavy (non-hydrogen) atoms. The molecular formula is C19H18N6O3. The number of carbonyl (C=O) groups excluding carboxylic acids is 1. The Hall–Kier alpha value is -3.75. The van der Waals surface area contributed by atoms with Crippen LogP contribution in [-0.4, -0.2) is 30.4 Å². The van der Waals surface area contributed by atoms with Crippen LogP contribution in [0.2, 0.25) is 0 Å². The lowest BCUT2D eigenvalue weighted by atomic mass is 10.1. The Morgan fingerprint density at radius 3 is 2.68 bits per heavy atom. The van der Waals surface area contributed by atoms with Gasteiger partial charge in [-0.25, -0.2) is 14.8 Å². The van der Waals surface area contributed by atoms with E-state index in [1.54, 1.807) is 13.8 Å². The average Bonchev–Trinajstić information content (AvgIpc) is 3.09. The second kappa shape index (κ2) is 6.45. The van der Waals surface area contributed by atoms with Crippen molar-refractivity contribution >= 4 is 28.0 Å². The van der Waals surface area contributed by atoms with Crippen LogP contribution in [0.15, 0.2) is 39.9 Å². The molecule has 9 nitrogen and oxygen atoms in total. The summed E-state index contributed by atoms with van der Waals surface area (Å²) in [7, 11) is 1.49. The maximum atomic E-state index is 12.9. The van der Waals surface area contributed by atoms with Crippen LogP contribution in [0.3, 0.4) is 0 Å². The van der Waals surface area contributed by atoms with Crippen LogP contribution in [0.4, 0.5) is 0 Å². The monoisotopic (exact) mass is 378 g/mol. The number of pyridine rings is 1. The predicted octanol–water partition coefficient (Wildman–Crippen LogP) is 1.30. The maximum Gasteiger partial charge on any atom is 0.329 e. The van der Waals surface area contributed by atoms with Crippen molar-refractivity contribution in [1.29, 1.82) is 0 Å². The zero-order valence-electron chi connectivity index (χ0n) is 15.5. The minimum absolute atomic E-state index is 0.0713. The lowest BCUT2D eigenvalue weighted by Crippen LogP contribution is -2.33. The smallest absolute Gasteiger partial charge is 0.329 e. The van der Waals surface area contributed by atoms with Gasteiger partial charge in [-0.15, -0.1) is 0 Å². The van der Waals surface area contributed by atoms with Gasteiger partial charge in [-0.1, -0.05) is 12.1 Å². The number of imidazole rings is 1. The van der Waals surface area contributed by atoms with Gasteiger partial charge in [0.2, 0.25) is 0 Å². The number of aryl methyl sites for hydroxylation is 2. The standard InChI is InChI=1S/C19H18N6O3/c1-9-8-11(14-16(20-9)25(3)19(28)24-18(14)27)17(26)21-10(2)15-22-12-6-4-5-7-13(12)23-15/h4-8,10H,1-3H3,(H,21,26)(H,22,23)(H,24,27,28)/t10-/m1/s1. The fourth-order valence-corrected chi connectivity index (χ4v) is 3.16. The molecule has 9 heteroatoms. The highest BCUT2D eigenvalue weighted by molar-refractivity contribution is 6.05. The number of amides is 1. The molecule has 3 N–H and O–H groups in total. The van der Waals surface area contributed by atoms with Crippen LogP contribution < -0.4 is 16.6 Å². The molecule has 0 radical (unpaired) electrons. The summed E-state index contributed by atoms with van der Waals surface area (Å²) < 4.78 is 1.21. The summed E-state index contributed by atoms with van der Waals surface area (Å²) in [5, 5.41) is 2.92. The molecule has 0 bridgehead atoms. The molecule has 1 amide bonds. The van der Waals surface area contributed by atoms with Gasteiger partial charge in [0, 0.05) is 12.7 Å². The van der Waals surface area contributed by atoms with Gasteiger partial charge < -0.3 is 10.3 Å². The molecule has 142 valence electrons. The Morgan fingerprint density at radius 1 is 1.18 bits per heavy atom. The highest BCUT2D eigenvalue weighted by Crippen LogP contribution is 2.18. The van der Waals surface area contributed by atoms with Crippen molar-refractivity contribution in [3.05, 3.63) is 68.3 Å². The summed E-state index contributed by atoms with van der Waals surface area (Å²) in [5.41, 5.74) is 1.28. The Bertz CT molecular complexity index is 1310. The number of rotatable bonds is 3. The molecule has 0 spiro atoms. The van der Waals surface area contributed by atoms with Crippen LogP contribution in [0, 0.1) is 6.92 Å². The number of para-hydroxylation sites is 2. The first-order chi connectivity index (χ1) is 13.3. The summed E-state index contributed by atoms with van der Waals surface area (Å²) in [5.74, 6) is 0.151. The zero-order chi connectivity index (χ0) is 20.0. The number of carbonyl (C=O) groups is 1. The number of hydrogen-bond donors (Lipinski definition) is 3. The average molecular weight is 378 g/mol. The van der Waals surface area contributed by atoms with Crippen molar-refractivity contribution in [3.8, 4) is 0 Å². The molecule has 0 aliphatic heterocycles. The van der Waals surface area contributed by atoms with Gasteiger partial charge >= 0.3 is 5.69 Å². The van der Waals surface area contributed by atoms with Gasteiger partial charge in [-0.2, -0.15) is 0 Å². The minimum atomic E-state index is -0.646. The molecule has 0 saturated carbocycles. The molecule has 0 fully saturated rings. The molecule has 4 rings (SSSR count). The number of aromatic nitrogens is 5. The summed E-state index contributed by atoms with van der Waals surface area (Å²) >= 11 is 0. The Kier molecular flexibility index (Phi) is 4.07. The van der Waals surface area contributed by atoms with E-state index in [9.17, 15) is 14.4 Å². The second-order valence-electron chi connectivity index (χ2n) is 6.66. The Balaban J connectivity index is 1.75. The van der Waals surface area contributed by atoms with Crippen molar-refractivity contribution in [2.75, 3.05) is 0 Å². The fraction of sp³-hybridized carbons (Fsp3) is 0.211. The molecule has 1 aromatic carbocycles. The van der Waals surface area contributed by atoms with Crippen LogP contribution >= 0.6 is 0 Å². The normalized spacial score (nSPS) is 12.4. The number of aromatic amines is 2. The number of H-pyrrole nitrogens is 2. The zero-order valence-corrected chi connectivity index (χ0v) is 15.5. The first-order valence-corrected chi connectivity index (χ1v) is 8.71. The lowest BCUT2D eigenvalue weighted by molar-refractivity contribution is 0.0940. The fourth-order valence-electron chi connectivity index (χ4n) is 3.16. The summed E-state index contributed by atoms with van der Waals surface area (Å²) in [6.07, 6.45) is 0. The largest absolute Gasteiger partial charge is 0.342 e. The van der Waals surface area contributed by atoms with Crippen molar-refractivity contribution in [1.82, 2.24) is 29.8 Å². The molecule has 0 aliphatic rings. The third-order valence-corrected chi connectivity index (χ3v) is 4.61. The van der Waals surface area contributed by atoms with Gasteiger partial charge in [-0.05, 0) is 32.0 Å². The molecule has 3 heterocycles. The number of benzene rings is 1. The van der Waals surface area contributed by atoms with Gasteiger partial charge in [0.1, 0.15) is 11.5 Å². The van der Waals surface area contributed by atoms with E-state index in [0.29, 0.717) is 11.5 Å². The topological polar surface area (TPSA) is 126 Å². The van der Waals surface area contributed by atoms with Gasteiger partial charge in [0.25, 0.3) is 11.5 Å². The maximum absolute atomic E-state index is 12.9. The number of hydrogen-bond acceptors (Lipinski definition) is 5. The first kappa shape index (κ1) is 17.7. The van der Waals surface area contributed by atoms with E-state index in [-0.39, 0.29) is 16.6 Å².